The molecule has 1 atom stereocenters. The summed E-state index contributed by atoms with van der Waals surface area (Å²) in [4.78, 5) is 27.2. The monoisotopic (exact) mass is 302 g/mol. The second kappa shape index (κ2) is 7.40. The third-order valence-corrected chi connectivity index (χ3v) is 3.25. The van der Waals surface area contributed by atoms with Crippen LogP contribution in [0.3, 0.4) is 0 Å². The molecule has 6 heteroatoms. The van der Waals surface area contributed by atoms with Crippen LogP contribution in [-0.4, -0.2) is 28.5 Å². The lowest BCUT2D eigenvalue weighted by atomic mass is 10.0. The molecule has 0 aliphatic carbocycles. The summed E-state index contributed by atoms with van der Waals surface area (Å²) in [6.07, 6.45) is 2.53. The maximum absolute atomic E-state index is 12.0. The largest absolute Gasteiger partial charge is 0.481 e. The average molecular weight is 302 g/mol. The van der Waals surface area contributed by atoms with Gasteiger partial charge in [0.1, 0.15) is 6.26 Å². The number of hydrogen-bond acceptors (Lipinski definition) is 4. The van der Waals surface area contributed by atoms with Gasteiger partial charge in [0, 0.05) is 12.1 Å². The van der Waals surface area contributed by atoms with Gasteiger partial charge in [0.2, 0.25) is 5.89 Å². The van der Waals surface area contributed by atoms with Gasteiger partial charge in [-0.25, -0.2) is 4.98 Å². The second-order valence-electron chi connectivity index (χ2n) is 4.94. The fraction of sp³-hybridized carbons (Fsp3) is 0.312. The maximum atomic E-state index is 12.0. The summed E-state index contributed by atoms with van der Waals surface area (Å²) in [7, 11) is 0. The Morgan fingerprint density at radius 2 is 2.05 bits per heavy atom. The molecule has 0 fully saturated rings. The van der Waals surface area contributed by atoms with Crippen LogP contribution >= 0.6 is 0 Å². The molecule has 0 aliphatic rings. The number of nitrogens with one attached hydrogen (secondary N) is 1. The van der Waals surface area contributed by atoms with Crippen LogP contribution in [0.5, 0.6) is 0 Å². The van der Waals surface area contributed by atoms with Crippen molar-refractivity contribution in [3.05, 3.63) is 42.3 Å². The molecule has 6 nitrogen and oxygen atoms in total. The number of hydrogen-bond donors (Lipinski definition) is 2. The van der Waals surface area contributed by atoms with Crippen LogP contribution in [0.4, 0.5) is 0 Å². The van der Waals surface area contributed by atoms with Crippen molar-refractivity contribution in [3.63, 3.8) is 0 Å². The Morgan fingerprint density at radius 3 is 2.68 bits per heavy atom. The summed E-state index contributed by atoms with van der Waals surface area (Å²) >= 11 is 0. The number of aliphatic carboxylic acids is 1. The van der Waals surface area contributed by atoms with Crippen molar-refractivity contribution in [2.75, 3.05) is 6.54 Å². The van der Waals surface area contributed by atoms with E-state index in [0.29, 0.717) is 12.3 Å². The lowest BCUT2D eigenvalue weighted by Gasteiger charge is -2.11. The van der Waals surface area contributed by atoms with Gasteiger partial charge < -0.3 is 14.8 Å². The Labute approximate surface area is 128 Å². The summed E-state index contributed by atoms with van der Waals surface area (Å²) in [5.74, 6) is -1.58. The maximum Gasteiger partial charge on any atom is 0.308 e. The highest BCUT2D eigenvalue weighted by Gasteiger charge is 2.19. The van der Waals surface area contributed by atoms with Gasteiger partial charge >= 0.3 is 5.97 Å². The molecule has 2 rings (SSSR count). The fourth-order valence-corrected chi connectivity index (χ4v) is 2.06. The van der Waals surface area contributed by atoms with E-state index in [9.17, 15) is 9.59 Å². The zero-order valence-corrected chi connectivity index (χ0v) is 12.3. The summed E-state index contributed by atoms with van der Waals surface area (Å²) in [5, 5.41) is 11.6. The minimum absolute atomic E-state index is 0.0789. The number of carbonyl (C=O) groups excluding carboxylic acids is 1. The molecule has 0 bridgehead atoms. The van der Waals surface area contributed by atoms with Crippen LogP contribution in [0, 0.1) is 5.92 Å². The van der Waals surface area contributed by atoms with Crippen molar-refractivity contribution in [2.45, 2.75) is 19.8 Å². The molecule has 2 N–H and O–H groups in total. The molecule has 1 aromatic heterocycles. The highest BCUT2D eigenvalue weighted by Crippen LogP contribution is 2.17. The van der Waals surface area contributed by atoms with Gasteiger partial charge in [-0.15, -0.1) is 0 Å². The van der Waals surface area contributed by atoms with Gasteiger partial charge in [0.25, 0.3) is 5.91 Å². The number of nitrogens with zero attached hydrogens (tertiary/aromatic N) is 1. The quantitative estimate of drug-likeness (QED) is 0.820. The van der Waals surface area contributed by atoms with Gasteiger partial charge in [-0.3, -0.25) is 9.59 Å². The first-order valence-corrected chi connectivity index (χ1v) is 7.13. The first kappa shape index (κ1) is 15.8. The highest BCUT2D eigenvalue weighted by atomic mass is 16.4. The normalized spacial score (nSPS) is 11.9. The molecular formula is C16H18N2O4. The number of aromatic nitrogens is 1. The topological polar surface area (TPSA) is 92.4 Å². The molecular weight excluding hydrogens is 284 g/mol. The van der Waals surface area contributed by atoms with Crippen molar-refractivity contribution in [3.8, 4) is 11.5 Å². The Kier molecular flexibility index (Phi) is 5.30. The van der Waals surface area contributed by atoms with Crippen LogP contribution in [0.2, 0.25) is 0 Å². The van der Waals surface area contributed by atoms with E-state index in [2.05, 4.69) is 10.3 Å². The summed E-state index contributed by atoms with van der Waals surface area (Å²) in [6.45, 7) is 1.98. The Hall–Kier alpha value is -2.63. The van der Waals surface area contributed by atoms with E-state index in [0.717, 1.165) is 12.0 Å². The number of rotatable bonds is 7. The summed E-state index contributed by atoms with van der Waals surface area (Å²) in [5.41, 5.74) is 0.912. The van der Waals surface area contributed by atoms with Crippen molar-refractivity contribution in [2.24, 2.45) is 5.92 Å². The van der Waals surface area contributed by atoms with Crippen LogP contribution in [0.1, 0.15) is 30.3 Å². The first-order valence-electron chi connectivity index (χ1n) is 7.13. The van der Waals surface area contributed by atoms with Gasteiger partial charge in [-0.05, 0) is 18.6 Å². The predicted molar refractivity (Wildman–Crippen MR) is 80.3 cm³/mol. The number of carbonyl (C=O) groups is 2. The van der Waals surface area contributed by atoms with E-state index < -0.39 is 17.8 Å². The van der Waals surface area contributed by atoms with Crippen molar-refractivity contribution in [1.29, 1.82) is 0 Å². The van der Waals surface area contributed by atoms with Crippen molar-refractivity contribution in [1.82, 2.24) is 10.3 Å². The fourth-order valence-electron chi connectivity index (χ4n) is 2.06. The highest BCUT2D eigenvalue weighted by molar-refractivity contribution is 5.92. The molecule has 0 aliphatic heterocycles. The molecule has 1 unspecified atom stereocenters. The zero-order chi connectivity index (χ0) is 15.9. The van der Waals surface area contributed by atoms with Crippen LogP contribution in [-0.2, 0) is 4.79 Å². The van der Waals surface area contributed by atoms with E-state index in [-0.39, 0.29) is 12.2 Å². The van der Waals surface area contributed by atoms with Gasteiger partial charge in [0.05, 0.1) is 5.92 Å². The van der Waals surface area contributed by atoms with Gasteiger partial charge in [-0.1, -0.05) is 31.5 Å². The van der Waals surface area contributed by atoms with E-state index in [1.165, 1.54) is 6.26 Å². The SMILES string of the molecule is CCCC(CNC(=O)c1coc(-c2ccccc2)n1)C(=O)O. The molecule has 0 saturated carbocycles. The molecule has 0 spiro atoms. The van der Waals surface area contributed by atoms with Crippen molar-refractivity contribution >= 4 is 11.9 Å². The average Bonchev–Trinajstić information content (AvgIpc) is 3.01. The summed E-state index contributed by atoms with van der Waals surface area (Å²) in [6, 6.07) is 9.23. The van der Waals surface area contributed by atoms with Crippen molar-refractivity contribution < 1.29 is 19.1 Å². The van der Waals surface area contributed by atoms with E-state index in [1.54, 1.807) is 0 Å². The number of oxazole rings is 1. The Balaban J connectivity index is 1.99. The van der Waals surface area contributed by atoms with Crippen LogP contribution in [0.15, 0.2) is 41.0 Å². The molecule has 1 aromatic carbocycles. The Morgan fingerprint density at radius 1 is 1.32 bits per heavy atom. The number of carboxylic acids is 1. The Bertz CT molecular complexity index is 637. The number of amides is 1. The molecule has 1 heterocycles. The first-order chi connectivity index (χ1) is 10.6. The number of benzene rings is 1. The van der Waals surface area contributed by atoms with Crippen LogP contribution < -0.4 is 5.32 Å². The molecule has 116 valence electrons. The molecule has 22 heavy (non-hydrogen) atoms. The standard InChI is InChI=1S/C16H18N2O4/c1-2-6-12(16(20)21)9-17-14(19)13-10-22-15(18-13)11-7-4-3-5-8-11/h3-5,7-8,10,12H,2,6,9H2,1H3,(H,17,19)(H,20,21). The zero-order valence-electron chi connectivity index (χ0n) is 12.3. The molecule has 2 aromatic rings. The lowest BCUT2D eigenvalue weighted by molar-refractivity contribution is -0.141. The van der Waals surface area contributed by atoms with Crippen LogP contribution in [0.25, 0.3) is 11.5 Å². The van der Waals surface area contributed by atoms with Gasteiger partial charge in [0.15, 0.2) is 5.69 Å². The van der Waals surface area contributed by atoms with E-state index in [4.69, 9.17) is 9.52 Å². The molecule has 0 saturated heterocycles. The van der Waals surface area contributed by atoms with E-state index in [1.807, 2.05) is 37.3 Å². The lowest BCUT2D eigenvalue weighted by Crippen LogP contribution is -2.33. The summed E-state index contributed by atoms with van der Waals surface area (Å²) < 4.78 is 5.29. The minimum Gasteiger partial charge on any atom is -0.481 e. The van der Waals surface area contributed by atoms with E-state index >= 15 is 0 Å². The second-order valence-corrected chi connectivity index (χ2v) is 4.94. The number of carboxylic acid groups (broad SMARTS) is 1. The minimum atomic E-state index is -0.910. The predicted octanol–water partition coefficient (Wildman–Crippen LogP) is 2.57. The molecule has 1 amide bonds. The van der Waals surface area contributed by atoms with Gasteiger partial charge in [-0.2, -0.15) is 0 Å². The third-order valence-electron chi connectivity index (χ3n) is 3.25. The molecule has 0 radical (unpaired) electrons. The third kappa shape index (κ3) is 3.94. The smallest absolute Gasteiger partial charge is 0.308 e.